The molecule has 20 heavy (non-hydrogen) atoms. The minimum atomic E-state index is -0.0148. The van der Waals surface area contributed by atoms with Crippen LogP contribution in [0.5, 0.6) is 0 Å². The van der Waals surface area contributed by atoms with Crippen molar-refractivity contribution in [1.29, 1.82) is 0 Å². The van der Waals surface area contributed by atoms with Crippen molar-refractivity contribution in [2.45, 2.75) is 19.3 Å². The van der Waals surface area contributed by atoms with E-state index in [1.54, 1.807) is 31.4 Å². The van der Waals surface area contributed by atoms with Crippen molar-refractivity contribution < 1.29 is 14.7 Å². The predicted octanol–water partition coefficient (Wildman–Crippen LogP) is 0.866. The second-order valence-corrected chi connectivity index (χ2v) is 4.41. The van der Waals surface area contributed by atoms with Crippen molar-refractivity contribution in [3.63, 3.8) is 0 Å². The molecule has 0 radical (unpaired) electrons. The zero-order valence-electron chi connectivity index (χ0n) is 11.6. The van der Waals surface area contributed by atoms with Crippen LogP contribution in [0.25, 0.3) is 0 Å². The van der Waals surface area contributed by atoms with Crippen molar-refractivity contribution in [2.75, 3.05) is 20.3 Å². The molecule has 0 bridgehead atoms. The summed E-state index contributed by atoms with van der Waals surface area (Å²) in [5, 5.41) is 14.3. The van der Waals surface area contributed by atoms with Gasteiger partial charge in [-0.1, -0.05) is 29.4 Å². The first-order valence-electron chi connectivity index (χ1n) is 6.50. The first kappa shape index (κ1) is 16.0. The summed E-state index contributed by atoms with van der Waals surface area (Å²) in [6.07, 6.45) is 2.16. The van der Waals surface area contributed by atoms with E-state index in [1.165, 1.54) is 0 Å². The molecule has 0 aliphatic carbocycles. The van der Waals surface area contributed by atoms with Gasteiger partial charge in [0.05, 0.1) is 6.42 Å². The number of methoxy groups -OCH3 is 1. The third-order valence-electron chi connectivity index (χ3n) is 2.82. The smallest absolute Gasteiger partial charge is 0.224 e. The number of unbranched alkanes of at least 4 members (excludes halogenated alkanes) is 1. The van der Waals surface area contributed by atoms with E-state index in [0.29, 0.717) is 25.1 Å². The molecule has 0 aromatic heterocycles. The highest BCUT2D eigenvalue weighted by molar-refractivity contribution is 5.97. The molecule has 0 atom stereocenters. The molecule has 0 saturated heterocycles. The van der Waals surface area contributed by atoms with Gasteiger partial charge in [0.2, 0.25) is 5.91 Å². The Kier molecular flexibility index (Phi) is 7.13. The van der Waals surface area contributed by atoms with E-state index in [9.17, 15) is 4.79 Å². The van der Waals surface area contributed by atoms with Crippen LogP contribution >= 0.6 is 0 Å². The Bertz CT molecular complexity index is 443. The van der Waals surface area contributed by atoms with Gasteiger partial charge in [0.25, 0.3) is 0 Å². The Morgan fingerprint density at radius 1 is 1.35 bits per heavy atom. The van der Waals surface area contributed by atoms with Crippen LogP contribution in [0.1, 0.15) is 24.0 Å². The molecular weight excluding hydrogens is 258 g/mol. The first-order chi connectivity index (χ1) is 9.67. The summed E-state index contributed by atoms with van der Waals surface area (Å²) in [6, 6.07) is 7.02. The summed E-state index contributed by atoms with van der Waals surface area (Å²) in [5.41, 5.74) is 6.97. The third kappa shape index (κ3) is 5.71. The molecule has 0 unspecified atom stereocenters. The zero-order chi connectivity index (χ0) is 14.8. The van der Waals surface area contributed by atoms with Crippen LogP contribution in [-0.2, 0) is 16.0 Å². The number of rotatable bonds is 8. The quantitative estimate of drug-likeness (QED) is 0.216. The van der Waals surface area contributed by atoms with Crippen molar-refractivity contribution in [3.8, 4) is 0 Å². The molecule has 0 spiro atoms. The number of amides is 1. The number of carbonyl (C=O) groups is 1. The molecular formula is C14H21N3O3. The standard InChI is InChI=1S/C14H21N3O3/c1-20-9-3-2-8-16-13(18)10-11-4-6-12(7-5-11)14(15)17-19/h4-7,19H,2-3,8-10H2,1H3,(H2,15,17)(H,16,18). The van der Waals surface area contributed by atoms with Gasteiger partial charge in [-0.3, -0.25) is 4.79 Å². The molecule has 1 aromatic carbocycles. The number of nitrogens with two attached hydrogens (primary N) is 1. The molecule has 0 aliphatic heterocycles. The number of hydrogen-bond acceptors (Lipinski definition) is 4. The summed E-state index contributed by atoms with van der Waals surface area (Å²) in [4.78, 5) is 11.7. The second-order valence-electron chi connectivity index (χ2n) is 4.41. The SMILES string of the molecule is COCCCCNC(=O)Cc1ccc(C(N)=NO)cc1. The predicted molar refractivity (Wildman–Crippen MR) is 76.8 cm³/mol. The van der Waals surface area contributed by atoms with Crippen LogP contribution in [0.2, 0.25) is 0 Å². The average molecular weight is 279 g/mol. The molecule has 0 aliphatic rings. The molecule has 4 N–H and O–H groups in total. The Hall–Kier alpha value is -2.08. The van der Waals surface area contributed by atoms with E-state index in [2.05, 4.69) is 10.5 Å². The molecule has 1 rings (SSSR count). The second kappa shape index (κ2) is 8.92. The van der Waals surface area contributed by atoms with E-state index < -0.39 is 0 Å². The fraction of sp³-hybridized carbons (Fsp3) is 0.429. The number of benzene rings is 1. The molecule has 0 fully saturated rings. The highest BCUT2D eigenvalue weighted by atomic mass is 16.5. The summed E-state index contributed by atoms with van der Waals surface area (Å²) in [7, 11) is 1.66. The van der Waals surface area contributed by atoms with Gasteiger partial charge in [-0.2, -0.15) is 0 Å². The van der Waals surface area contributed by atoms with Gasteiger partial charge in [0.1, 0.15) is 0 Å². The normalized spacial score (nSPS) is 11.3. The van der Waals surface area contributed by atoms with Gasteiger partial charge in [0, 0.05) is 25.8 Å². The highest BCUT2D eigenvalue weighted by Gasteiger charge is 2.04. The van der Waals surface area contributed by atoms with E-state index in [-0.39, 0.29) is 11.7 Å². The summed E-state index contributed by atoms with van der Waals surface area (Å²) < 4.78 is 4.93. The lowest BCUT2D eigenvalue weighted by molar-refractivity contribution is -0.120. The fourth-order valence-corrected chi connectivity index (χ4v) is 1.70. The Morgan fingerprint density at radius 3 is 2.65 bits per heavy atom. The molecule has 1 amide bonds. The van der Waals surface area contributed by atoms with Crippen molar-refractivity contribution in [2.24, 2.45) is 10.9 Å². The minimum absolute atomic E-state index is 0.0148. The number of nitrogens with one attached hydrogen (secondary N) is 1. The molecule has 1 aromatic rings. The van der Waals surface area contributed by atoms with Crippen molar-refractivity contribution in [3.05, 3.63) is 35.4 Å². The summed E-state index contributed by atoms with van der Waals surface area (Å²) in [6.45, 7) is 1.37. The number of ether oxygens (including phenoxy) is 1. The van der Waals surface area contributed by atoms with Crippen LogP contribution < -0.4 is 11.1 Å². The maximum absolute atomic E-state index is 11.7. The van der Waals surface area contributed by atoms with Gasteiger partial charge < -0.3 is 21.0 Å². The molecule has 6 nitrogen and oxygen atoms in total. The van der Waals surface area contributed by atoms with Crippen molar-refractivity contribution in [1.82, 2.24) is 5.32 Å². The molecule has 6 heteroatoms. The summed E-state index contributed by atoms with van der Waals surface area (Å²) in [5.74, 6) is 0.0399. The number of carbonyl (C=O) groups excluding carboxylic acids is 1. The Labute approximate surface area is 118 Å². The number of hydrogen-bond donors (Lipinski definition) is 3. The molecule has 0 heterocycles. The van der Waals surface area contributed by atoms with Gasteiger partial charge in [-0.05, 0) is 18.4 Å². The van der Waals surface area contributed by atoms with Crippen LogP contribution in [0, 0.1) is 0 Å². The van der Waals surface area contributed by atoms with E-state index >= 15 is 0 Å². The first-order valence-corrected chi connectivity index (χ1v) is 6.50. The van der Waals surface area contributed by atoms with Crippen LogP contribution in [0.3, 0.4) is 0 Å². The van der Waals surface area contributed by atoms with Gasteiger partial charge in [0.15, 0.2) is 5.84 Å². The van der Waals surface area contributed by atoms with Crippen LogP contribution in [0.15, 0.2) is 29.4 Å². The minimum Gasteiger partial charge on any atom is -0.409 e. The van der Waals surface area contributed by atoms with Crippen LogP contribution in [0.4, 0.5) is 0 Å². The van der Waals surface area contributed by atoms with Gasteiger partial charge in [-0.25, -0.2) is 0 Å². The number of nitrogens with zero attached hydrogens (tertiary/aromatic N) is 1. The van der Waals surface area contributed by atoms with E-state index in [1.807, 2.05) is 0 Å². The van der Waals surface area contributed by atoms with Crippen LogP contribution in [-0.4, -0.2) is 37.2 Å². The lowest BCUT2D eigenvalue weighted by atomic mass is 10.1. The van der Waals surface area contributed by atoms with Crippen molar-refractivity contribution >= 4 is 11.7 Å². The monoisotopic (exact) mass is 279 g/mol. The summed E-state index contributed by atoms with van der Waals surface area (Å²) >= 11 is 0. The maximum atomic E-state index is 11.7. The van der Waals surface area contributed by atoms with E-state index in [0.717, 1.165) is 18.4 Å². The maximum Gasteiger partial charge on any atom is 0.224 e. The molecule has 110 valence electrons. The lowest BCUT2D eigenvalue weighted by Gasteiger charge is -2.06. The Morgan fingerprint density at radius 2 is 2.05 bits per heavy atom. The zero-order valence-corrected chi connectivity index (χ0v) is 11.6. The number of oxime groups is 1. The number of amidine groups is 1. The highest BCUT2D eigenvalue weighted by Crippen LogP contribution is 2.05. The van der Waals surface area contributed by atoms with Gasteiger partial charge in [-0.15, -0.1) is 0 Å². The van der Waals surface area contributed by atoms with E-state index in [4.69, 9.17) is 15.7 Å². The topological polar surface area (TPSA) is 96.9 Å². The lowest BCUT2D eigenvalue weighted by Crippen LogP contribution is -2.26. The fourth-order valence-electron chi connectivity index (χ4n) is 1.70. The average Bonchev–Trinajstić information content (AvgIpc) is 2.47. The largest absolute Gasteiger partial charge is 0.409 e. The van der Waals surface area contributed by atoms with Gasteiger partial charge >= 0.3 is 0 Å². The Balaban J connectivity index is 2.35. The third-order valence-corrected chi connectivity index (χ3v) is 2.82. The molecule has 0 saturated carbocycles.